The largest absolute Gasteiger partial charge is 0.494 e. The minimum atomic E-state index is -0.120. The minimum absolute atomic E-state index is 0.0748. The molecule has 0 aliphatic heterocycles. The molecule has 0 radical (unpaired) electrons. The first-order valence-corrected chi connectivity index (χ1v) is 6.84. The molecule has 1 aromatic rings. The van der Waals surface area contributed by atoms with E-state index in [-0.39, 0.29) is 12.5 Å². The highest BCUT2D eigenvalue weighted by atomic mass is 16.5. The molecule has 5 heteroatoms. The molecular formula is C15H24N2O3. The van der Waals surface area contributed by atoms with E-state index in [0.29, 0.717) is 36.2 Å². The van der Waals surface area contributed by atoms with Crippen LogP contribution >= 0.6 is 0 Å². The van der Waals surface area contributed by atoms with Gasteiger partial charge in [-0.15, -0.1) is 0 Å². The molecule has 0 heterocycles. The third-order valence-electron chi connectivity index (χ3n) is 3.09. The van der Waals surface area contributed by atoms with Crippen molar-refractivity contribution in [1.29, 1.82) is 0 Å². The van der Waals surface area contributed by atoms with E-state index >= 15 is 0 Å². The van der Waals surface area contributed by atoms with Gasteiger partial charge in [0.05, 0.1) is 19.8 Å². The molecule has 1 rings (SSSR count). The van der Waals surface area contributed by atoms with Gasteiger partial charge in [-0.05, 0) is 46.0 Å². The second kappa shape index (κ2) is 7.87. The van der Waals surface area contributed by atoms with E-state index in [1.807, 2.05) is 32.7 Å². The number of likely N-dealkylation sites (N-methyl/N-ethyl adjacent to an activating group) is 1. The molecule has 0 aliphatic rings. The predicted molar refractivity (Wildman–Crippen MR) is 79.9 cm³/mol. The summed E-state index contributed by atoms with van der Waals surface area (Å²) < 4.78 is 5.40. The number of aliphatic hydroxyl groups is 1. The van der Waals surface area contributed by atoms with Crippen LogP contribution in [0.1, 0.15) is 26.3 Å². The maximum Gasteiger partial charge on any atom is 0.238 e. The Morgan fingerprint density at radius 1 is 1.45 bits per heavy atom. The molecule has 0 aliphatic carbocycles. The number of nitrogens with zero attached hydrogens (tertiary/aromatic N) is 1. The molecule has 0 aromatic heterocycles. The minimum Gasteiger partial charge on any atom is -0.494 e. The Morgan fingerprint density at radius 2 is 2.15 bits per heavy atom. The summed E-state index contributed by atoms with van der Waals surface area (Å²) in [5.74, 6) is 0.571. The SMILES string of the molecule is CCOc1ccc(NC(=O)CN(C)C(C)C)cc1CO. The number of anilines is 1. The standard InChI is InChI=1S/C15H24N2O3/c1-5-20-14-7-6-13(8-12(14)10-18)16-15(19)9-17(4)11(2)3/h6-8,11,18H,5,9-10H2,1-4H3,(H,16,19). The fourth-order valence-corrected chi connectivity index (χ4v) is 1.69. The Bertz CT molecular complexity index is 447. The monoisotopic (exact) mass is 280 g/mol. The highest BCUT2D eigenvalue weighted by Crippen LogP contribution is 2.23. The maximum absolute atomic E-state index is 11.9. The summed E-state index contributed by atoms with van der Waals surface area (Å²) in [5, 5.41) is 12.1. The third-order valence-corrected chi connectivity index (χ3v) is 3.09. The number of carbonyl (C=O) groups is 1. The molecule has 2 N–H and O–H groups in total. The average Bonchev–Trinajstić information content (AvgIpc) is 2.40. The van der Waals surface area contributed by atoms with Crippen LogP contribution in [0.5, 0.6) is 5.75 Å². The first-order chi connectivity index (χ1) is 9.47. The second-order valence-corrected chi connectivity index (χ2v) is 4.97. The molecule has 0 unspecified atom stereocenters. The summed E-state index contributed by atoms with van der Waals surface area (Å²) in [5.41, 5.74) is 1.33. The fourth-order valence-electron chi connectivity index (χ4n) is 1.69. The van der Waals surface area contributed by atoms with Gasteiger partial charge in [-0.2, -0.15) is 0 Å². The van der Waals surface area contributed by atoms with Crippen molar-refractivity contribution in [3.8, 4) is 5.75 Å². The van der Waals surface area contributed by atoms with Gasteiger partial charge in [0.25, 0.3) is 0 Å². The topological polar surface area (TPSA) is 61.8 Å². The van der Waals surface area contributed by atoms with Crippen LogP contribution in [-0.2, 0) is 11.4 Å². The Morgan fingerprint density at radius 3 is 2.70 bits per heavy atom. The van der Waals surface area contributed by atoms with Gasteiger partial charge in [-0.3, -0.25) is 9.69 Å². The number of rotatable bonds is 7. The summed E-state index contributed by atoms with van der Waals surface area (Å²) in [6, 6.07) is 5.58. The number of benzene rings is 1. The smallest absolute Gasteiger partial charge is 0.238 e. The highest BCUT2D eigenvalue weighted by Gasteiger charge is 2.11. The first kappa shape index (κ1) is 16.5. The number of hydrogen-bond donors (Lipinski definition) is 2. The summed E-state index contributed by atoms with van der Waals surface area (Å²) in [7, 11) is 1.90. The van der Waals surface area contributed by atoms with E-state index in [9.17, 15) is 9.90 Å². The van der Waals surface area contributed by atoms with Crippen LogP contribution in [0.3, 0.4) is 0 Å². The lowest BCUT2D eigenvalue weighted by Gasteiger charge is -2.20. The van der Waals surface area contributed by atoms with E-state index in [1.54, 1.807) is 18.2 Å². The molecule has 0 bridgehead atoms. The van der Waals surface area contributed by atoms with Gasteiger partial charge in [0.1, 0.15) is 5.75 Å². The van der Waals surface area contributed by atoms with Gasteiger partial charge >= 0.3 is 0 Å². The van der Waals surface area contributed by atoms with Crippen molar-refractivity contribution < 1.29 is 14.6 Å². The van der Waals surface area contributed by atoms with Gasteiger partial charge in [-0.1, -0.05) is 0 Å². The molecule has 1 aromatic carbocycles. The van der Waals surface area contributed by atoms with Gasteiger partial charge in [0.15, 0.2) is 0 Å². The number of amides is 1. The summed E-state index contributed by atoms with van der Waals surface area (Å²) >= 11 is 0. The molecule has 112 valence electrons. The van der Waals surface area contributed by atoms with Crippen LogP contribution in [0.25, 0.3) is 0 Å². The normalized spacial score (nSPS) is 10.9. The van der Waals surface area contributed by atoms with E-state index < -0.39 is 0 Å². The van der Waals surface area contributed by atoms with Crippen molar-refractivity contribution in [3.63, 3.8) is 0 Å². The molecule has 20 heavy (non-hydrogen) atoms. The first-order valence-electron chi connectivity index (χ1n) is 6.84. The Balaban J connectivity index is 2.70. The van der Waals surface area contributed by atoms with Gasteiger partial charge in [0.2, 0.25) is 5.91 Å². The van der Waals surface area contributed by atoms with Crippen LogP contribution in [0.2, 0.25) is 0 Å². The van der Waals surface area contributed by atoms with Crippen LogP contribution in [0, 0.1) is 0 Å². The van der Waals surface area contributed by atoms with Crippen molar-refractivity contribution in [2.75, 3.05) is 25.5 Å². The van der Waals surface area contributed by atoms with Gasteiger partial charge < -0.3 is 15.2 Å². The molecule has 0 saturated heterocycles. The lowest BCUT2D eigenvalue weighted by Crippen LogP contribution is -2.34. The fraction of sp³-hybridized carbons (Fsp3) is 0.533. The molecular weight excluding hydrogens is 256 g/mol. The number of aliphatic hydroxyl groups excluding tert-OH is 1. The van der Waals surface area contributed by atoms with E-state index in [4.69, 9.17) is 4.74 Å². The lowest BCUT2D eigenvalue weighted by atomic mass is 10.2. The van der Waals surface area contributed by atoms with Gasteiger partial charge in [0, 0.05) is 17.3 Å². The highest BCUT2D eigenvalue weighted by molar-refractivity contribution is 5.92. The van der Waals surface area contributed by atoms with Crippen LogP contribution < -0.4 is 10.1 Å². The van der Waals surface area contributed by atoms with Crippen LogP contribution in [0.4, 0.5) is 5.69 Å². The van der Waals surface area contributed by atoms with E-state index in [0.717, 1.165) is 0 Å². The van der Waals surface area contributed by atoms with Gasteiger partial charge in [-0.25, -0.2) is 0 Å². The third kappa shape index (κ3) is 4.83. The number of ether oxygens (including phenoxy) is 1. The van der Waals surface area contributed by atoms with Crippen molar-refractivity contribution in [2.24, 2.45) is 0 Å². The zero-order valence-corrected chi connectivity index (χ0v) is 12.6. The molecule has 5 nitrogen and oxygen atoms in total. The Kier molecular flexibility index (Phi) is 6.48. The number of nitrogens with one attached hydrogen (secondary N) is 1. The van der Waals surface area contributed by atoms with E-state index in [2.05, 4.69) is 5.32 Å². The zero-order chi connectivity index (χ0) is 15.1. The second-order valence-electron chi connectivity index (χ2n) is 4.97. The number of carbonyl (C=O) groups excluding carboxylic acids is 1. The van der Waals surface area contributed by atoms with Crippen molar-refractivity contribution in [1.82, 2.24) is 4.90 Å². The van der Waals surface area contributed by atoms with Crippen LogP contribution in [-0.4, -0.2) is 42.2 Å². The van der Waals surface area contributed by atoms with Crippen molar-refractivity contribution >= 4 is 11.6 Å². The van der Waals surface area contributed by atoms with E-state index in [1.165, 1.54) is 0 Å². The molecule has 0 atom stereocenters. The quantitative estimate of drug-likeness (QED) is 0.800. The number of hydrogen-bond acceptors (Lipinski definition) is 4. The zero-order valence-electron chi connectivity index (χ0n) is 12.6. The summed E-state index contributed by atoms with van der Waals surface area (Å²) in [4.78, 5) is 13.8. The molecule has 1 amide bonds. The van der Waals surface area contributed by atoms with Crippen LogP contribution in [0.15, 0.2) is 18.2 Å². The maximum atomic E-state index is 11.9. The molecule has 0 saturated carbocycles. The molecule has 0 spiro atoms. The molecule has 0 fully saturated rings. The summed E-state index contributed by atoms with van der Waals surface area (Å²) in [6.45, 7) is 6.71. The van der Waals surface area contributed by atoms with Crippen molar-refractivity contribution in [2.45, 2.75) is 33.4 Å². The average molecular weight is 280 g/mol. The Labute approximate surface area is 120 Å². The lowest BCUT2D eigenvalue weighted by molar-refractivity contribution is -0.117. The predicted octanol–water partition coefficient (Wildman–Crippen LogP) is 1.86. The van der Waals surface area contributed by atoms with Crippen molar-refractivity contribution in [3.05, 3.63) is 23.8 Å². The summed E-state index contributed by atoms with van der Waals surface area (Å²) in [6.07, 6.45) is 0. The Hall–Kier alpha value is -1.59.